The van der Waals surface area contributed by atoms with E-state index in [4.69, 9.17) is 9.47 Å². The van der Waals surface area contributed by atoms with Gasteiger partial charge in [-0.05, 0) is 25.5 Å². The van der Waals surface area contributed by atoms with Gasteiger partial charge in [0.1, 0.15) is 5.75 Å². The maximum absolute atomic E-state index is 12.6. The van der Waals surface area contributed by atoms with E-state index < -0.39 is 0 Å². The van der Waals surface area contributed by atoms with Crippen molar-refractivity contribution in [1.29, 1.82) is 0 Å². The molecule has 0 bridgehead atoms. The Morgan fingerprint density at radius 1 is 1.17 bits per heavy atom. The highest BCUT2D eigenvalue weighted by Crippen LogP contribution is 2.26. The van der Waals surface area contributed by atoms with E-state index in [9.17, 15) is 4.79 Å². The molecule has 1 heterocycles. The molecule has 1 aliphatic rings. The van der Waals surface area contributed by atoms with Crippen molar-refractivity contribution >= 4 is 6.03 Å². The molecule has 1 aliphatic heterocycles. The molecule has 0 radical (unpaired) electrons. The molecule has 1 fully saturated rings. The fourth-order valence-electron chi connectivity index (χ4n) is 3.73. The molecule has 2 N–H and O–H groups in total. The molecule has 1 saturated heterocycles. The summed E-state index contributed by atoms with van der Waals surface area (Å²) in [6.45, 7) is 7.70. The predicted molar refractivity (Wildman–Crippen MR) is 114 cm³/mol. The van der Waals surface area contributed by atoms with Gasteiger partial charge in [0.25, 0.3) is 0 Å². The SMILES string of the molecule is COc1ccc(C)cc1C(C)NC(=O)NCC(c1ccccc1)N1CCOCC1. The second-order valence-corrected chi connectivity index (χ2v) is 7.40. The van der Waals surface area contributed by atoms with Crippen LogP contribution in [0.5, 0.6) is 5.75 Å². The lowest BCUT2D eigenvalue weighted by molar-refractivity contribution is 0.0167. The number of rotatable bonds is 7. The minimum absolute atomic E-state index is 0.120. The molecule has 0 spiro atoms. The molecule has 2 amide bonds. The summed E-state index contributed by atoms with van der Waals surface area (Å²) < 4.78 is 10.9. The van der Waals surface area contributed by atoms with E-state index in [1.807, 2.05) is 50.2 Å². The zero-order valence-corrected chi connectivity index (χ0v) is 17.5. The second kappa shape index (κ2) is 10.3. The molecule has 2 aromatic rings. The Balaban J connectivity index is 1.63. The summed E-state index contributed by atoms with van der Waals surface area (Å²) in [7, 11) is 1.65. The van der Waals surface area contributed by atoms with E-state index in [1.54, 1.807) is 7.11 Å². The molecule has 156 valence electrons. The summed E-state index contributed by atoms with van der Waals surface area (Å²) in [6.07, 6.45) is 0. The number of hydrogen-bond acceptors (Lipinski definition) is 4. The minimum Gasteiger partial charge on any atom is -0.496 e. The number of aryl methyl sites for hydroxylation is 1. The number of carbonyl (C=O) groups excluding carboxylic acids is 1. The molecule has 3 rings (SSSR count). The maximum Gasteiger partial charge on any atom is 0.315 e. The summed E-state index contributed by atoms with van der Waals surface area (Å²) >= 11 is 0. The van der Waals surface area contributed by atoms with Crippen LogP contribution in [0.15, 0.2) is 48.5 Å². The fourth-order valence-corrected chi connectivity index (χ4v) is 3.73. The number of nitrogens with zero attached hydrogens (tertiary/aromatic N) is 1. The number of amides is 2. The highest BCUT2D eigenvalue weighted by atomic mass is 16.5. The molecular formula is C23H31N3O3. The molecule has 2 atom stereocenters. The van der Waals surface area contributed by atoms with Crippen LogP contribution in [0.25, 0.3) is 0 Å². The van der Waals surface area contributed by atoms with Crippen LogP contribution in [-0.4, -0.2) is 50.9 Å². The summed E-state index contributed by atoms with van der Waals surface area (Å²) in [5.74, 6) is 0.777. The van der Waals surface area contributed by atoms with Crippen molar-refractivity contribution in [2.24, 2.45) is 0 Å². The van der Waals surface area contributed by atoms with Crippen molar-refractivity contribution in [3.8, 4) is 5.75 Å². The van der Waals surface area contributed by atoms with Crippen molar-refractivity contribution in [2.45, 2.75) is 25.9 Å². The van der Waals surface area contributed by atoms with Crippen molar-refractivity contribution < 1.29 is 14.3 Å². The Morgan fingerprint density at radius 3 is 2.59 bits per heavy atom. The summed E-state index contributed by atoms with van der Waals surface area (Å²) in [6, 6.07) is 16.1. The van der Waals surface area contributed by atoms with Gasteiger partial charge in [0.15, 0.2) is 0 Å². The van der Waals surface area contributed by atoms with E-state index in [1.165, 1.54) is 5.56 Å². The molecule has 6 heteroatoms. The number of nitrogens with one attached hydrogen (secondary N) is 2. The number of morpholine rings is 1. The van der Waals surface area contributed by atoms with Crippen molar-refractivity contribution in [2.75, 3.05) is 40.0 Å². The van der Waals surface area contributed by atoms with Crippen molar-refractivity contribution in [1.82, 2.24) is 15.5 Å². The van der Waals surface area contributed by atoms with E-state index in [2.05, 4.69) is 27.7 Å². The Bertz CT molecular complexity index is 791. The lowest BCUT2D eigenvalue weighted by Crippen LogP contribution is -2.46. The van der Waals surface area contributed by atoms with E-state index >= 15 is 0 Å². The van der Waals surface area contributed by atoms with Crippen LogP contribution in [0.4, 0.5) is 4.79 Å². The largest absolute Gasteiger partial charge is 0.496 e. The number of methoxy groups -OCH3 is 1. The third-order valence-electron chi connectivity index (χ3n) is 5.33. The van der Waals surface area contributed by atoms with Crippen LogP contribution in [0, 0.1) is 6.92 Å². The Hall–Kier alpha value is -2.57. The van der Waals surface area contributed by atoms with E-state index in [-0.39, 0.29) is 18.1 Å². The van der Waals surface area contributed by atoms with Gasteiger partial charge < -0.3 is 20.1 Å². The van der Waals surface area contributed by atoms with Crippen molar-refractivity contribution in [3.63, 3.8) is 0 Å². The molecule has 0 aromatic heterocycles. The fraction of sp³-hybridized carbons (Fsp3) is 0.435. The summed E-state index contributed by atoms with van der Waals surface area (Å²) in [4.78, 5) is 15.0. The van der Waals surface area contributed by atoms with Crippen LogP contribution in [0.1, 0.15) is 35.7 Å². The first-order valence-corrected chi connectivity index (χ1v) is 10.1. The second-order valence-electron chi connectivity index (χ2n) is 7.40. The highest BCUT2D eigenvalue weighted by molar-refractivity contribution is 5.74. The smallest absolute Gasteiger partial charge is 0.315 e. The number of benzene rings is 2. The Kier molecular flexibility index (Phi) is 7.49. The standard InChI is InChI=1S/C23H31N3O3/c1-17-9-10-22(28-3)20(15-17)18(2)25-23(27)24-16-21(19-7-5-4-6-8-19)26-11-13-29-14-12-26/h4-10,15,18,21H,11-14,16H2,1-3H3,(H2,24,25,27). The third kappa shape index (κ3) is 5.71. The van der Waals surface area contributed by atoms with Gasteiger partial charge in [-0.25, -0.2) is 4.79 Å². The number of carbonyl (C=O) groups is 1. The van der Waals surface area contributed by atoms with Gasteiger partial charge in [-0.2, -0.15) is 0 Å². The monoisotopic (exact) mass is 397 g/mol. The summed E-state index contributed by atoms with van der Waals surface area (Å²) in [5, 5.41) is 6.09. The number of ether oxygens (including phenoxy) is 2. The lowest BCUT2D eigenvalue weighted by atomic mass is 10.0. The van der Waals surface area contributed by atoms with Crippen LogP contribution >= 0.6 is 0 Å². The van der Waals surface area contributed by atoms with E-state index in [0.717, 1.165) is 43.2 Å². The van der Waals surface area contributed by atoms with Gasteiger partial charge in [0.05, 0.1) is 32.4 Å². The first kappa shape index (κ1) is 21.1. The quantitative estimate of drug-likeness (QED) is 0.751. The van der Waals surface area contributed by atoms with Gasteiger partial charge >= 0.3 is 6.03 Å². The normalized spacial score (nSPS) is 16.7. The molecule has 0 aliphatic carbocycles. The predicted octanol–water partition coefficient (Wildman–Crippen LogP) is 3.44. The number of urea groups is 1. The van der Waals surface area contributed by atoms with Crippen LogP contribution < -0.4 is 15.4 Å². The minimum atomic E-state index is -0.185. The van der Waals surface area contributed by atoms with Gasteiger partial charge in [0, 0.05) is 25.2 Å². The van der Waals surface area contributed by atoms with E-state index in [0.29, 0.717) is 6.54 Å². The highest BCUT2D eigenvalue weighted by Gasteiger charge is 2.23. The van der Waals surface area contributed by atoms with Gasteiger partial charge in [-0.15, -0.1) is 0 Å². The van der Waals surface area contributed by atoms with Crippen molar-refractivity contribution in [3.05, 3.63) is 65.2 Å². The average molecular weight is 398 g/mol. The van der Waals surface area contributed by atoms with Crippen LogP contribution in [-0.2, 0) is 4.74 Å². The molecule has 29 heavy (non-hydrogen) atoms. The summed E-state index contributed by atoms with van der Waals surface area (Å²) in [5.41, 5.74) is 3.30. The Morgan fingerprint density at radius 2 is 1.90 bits per heavy atom. The first-order valence-electron chi connectivity index (χ1n) is 10.1. The molecule has 6 nitrogen and oxygen atoms in total. The zero-order valence-electron chi connectivity index (χ0n) is 17.5. The molecule has 2 aromatic carbocycles. The lowest BCUT2D eigenvalue weighted by Gasteiger charge is -2.35. The van der Waals surface area contributed by atoms with Crippen LogP contribution in [0.3, 0.4) is 0 Å². The average Bonchev–Trinajstić information content (AvgIpc) is 2.75. The van der Waals surface area contributed by atoms with Crippen LogP contribution in [0.2, 0.25) is 0 Å². The molecule has 0 saturated carbocycles. The first-order chi connectivity index (χ1) is 14.1. The number of hydrogen-bond donors (Lipinski definition) is 2. The zero-order chi connectivity index (χ0) is 20.6. The Labute approximate surface area is 173 Å². The topological polar surface area (TPSA) is 62.8 Å². The molecule has 2 unspecified atom stereocenters. The molecular weight excluding hydrogens is 366 g/mol. The van der Waals surface area contributed by atoms with Gasteiger partial charge in [-0.1, -0.05) is 48.0 Å². The van der Waals surface area contributed by atoms with Gasteiger partial charge in [0.2, 0.25) is 0 Å². The maximum atomic E-state index is 12.6. The van der Waals surface area contributed by atoms with Gasteiger partial charge in [-0.3, -0.25) is 4.90 Å². The third-order valence-corrected chi connectivity index (χ3v) is 5.33.